The second-order valence-corrected chi connectivity index (χ2v) is 4.42. The fourth-order valence-corrected chi connectivity index (χ4v) is 1.89. The largest absolute Gasteiger partial charge is 0.399 e. The van der Waals surface area contributed by atoms with Crippen LogP contribution in [0.1, 0.15) is 32.3 Å². The van der Waals surface area contributed by atoms with Crippen LogP contribution in [0.15, 0.2) is 42.3 Å². The predicted molar refractivity (Wildman–Crippen MR) is 82.0 cm³/mol. The highest BCUT2D eigenvalue weighted by Gasteiger charge is 2.01. The maximum Gasteiger partial charge on any atom is 0.118 e. The molecule has 1 aromatic carbocycles. The molecule has 3 N–H and O–H groups in total. The zero-order valence-electron chi connectivity index (χ0n) is 11.7. The number of unbranched alkanes of at least 4 members (excludes halogenated alkanes) is 1. The van der Waals surface area contributed by atoms with Crippen molar-refractivity contribution in [3.8, 4) is 0 Å². The summed E-state index contributed by atoms with van der Waals surface area (Å²) in [5.41, 5.74) is 8.96. The molecule has 0 aromatic heterocycles. The van der Waals surface area contributed by atoms with Gasteiger partial charge in [-0.2, -0.15) is 0 Å². The summed E-state index contributed by atoms with van der Waals surface area (Å²) in [6.07, 6.45) is 7.63. The second kappa shape index (κ2) is 8.35. The van der Waals surface area contributed by atoms with Crippen LogP contribution in [0.3, 0.4) is 0 Å². The summed E-state index contributed by atoms with van der Waals surface area (Å²) < 4.78 is 12.8. The van der Waals surface area contributed by atoms with Gasteiger partial charge < -0.3 is 11.1 Å². The third-order valence-corrected chi connectivity index (χ3v) is 2.87. The molecule has 0 aliphatic rings. The molecule has 0 fully saturated rings. The first-order valence-electron chi connectivity index (χ1n) is 6.78. The molecule has 2 nitrogen and oxygen atoms in total. The fraction of sp³-hybridized carbons (Fsp3) is 0.375. The molecule has 0 unspecified atom stereocenters. The normalized spacial score (nSPS) is 12.1. The number of nitrogens with one attached hydrogen (secondary N) is 1. The van der Waals surface area contributed by atoms with E-state index in [9.17, 15) is 4.39 Å². The molecule has 0 aliphatic heterocycles. The molecular formula is C16H23FN2. The van der Waals surface area contributed by atoms with E-state index in [-0.39, 0.29) is 5.83 Å². The fourth-order valence-electron chi connectivity index (χ4n) is 1.89. The highest BCUT2D eigenvalue weighted by Crippen LogP contribution is 2.21. The van der Waals surface area contributed by atoms with Crippen LogP contribution in [0, 0.1) is 0 Å². The van der Waals surface area contributed by atoms with Crippen molar-refractivity contribution in [1.29, 1.82) is 0 Å². The highest BCUT2D eigenvalue weighted by molar-refractivity contribution is 5.58. The highest BCUT2D eigenvalue weighted by atomic mass is 19.1. The number of hydrogen-bond acceptors (Lipinski definition) is 2. The number of allylic oxidation sites excluding steroid dienone is 4. The minimum atomic E-state index is -0.183. The lowest BCUT2D eigenvalue weighted by molar-refractivity contribution is 0.663. The van der Waals surface area contributed by atoms with E-state index in [1.165, 1.54) is 17.7 Å². The van der Waals surface area contributed by atoms with Crippen LogP contribution in [0.4, 0.5) is 15.8 Å². The predicted octanol–water partition coefficient (Wildman–Crippen LogP) is 4.45. The second-order valence-electron chi connectivity index (χ2n) is 4.42. The van der Waals surface area contributed by atoms with Gasteiger partial charge in [-0.15, -0.1) is 0 Å². The number of rotatable bonds is 7. The van der Waals surface area contributed by atoms with E-state index >= 15 is 0 Å². The van der Waals surface area contributed by atoms with Gasteiger partial charge >= 0.3 is 0 Å². The van der Waals surface area contributed by atoms with Gasteiger partial charge in [-0.05, 0) is 62.9 Å². The molecule has 1 aromatic rings. The minimum absolute atomic E-state index is 0.183. The Labute approximate surface area is 115 Å². The van der Waals surface area contributed by atoms with Gasteiger partial charge in [0, 0.05) is 17.9 Å². The molecule has 0 spiro atoms. The summed E-state index contributed by atoms with van der Waals surface area (Å²) >= 11 is 0. The van der Waals surface area contributed by atoms with Crippen LogP contribution in [-0.4, -0.2) is 6.54 Å². The van der Waals surface area contributed by atoms with E-state index in [1.807, 2.05) is 24.3 Å². The first-order chi connectivity index (χ1) is 9.17. The molecule has 104 valence electrons. The van der Waals surface area contributed by atoms with Gasteiger partial charge in [0.1, 0.15) is 5.83 Å². The van der Waals surface area contributed by atoms with E-state index in [4.69, 9.17) is 5.73 Å². The van der Waals surface area contributed by atoms with Crippen molar-refractivity contribution in [1.82, 2.24) is 0 Å². The van der Waals surface area contributed by atoms with Crippen molar-refractivity contribution in [2.24, 2.45) is 0 Å². The third-order valence-electron chi connectivity index (χ3n) is 2.87. The maximum absolute atomic E-state index is 12.8. The Bertz CT molecular complexity index is 450. The molecule has 19 heavy (non-hydrogen) atoms. The SMILES string of the molecule is C/C=C(F)\C=C/CCCc1cc(N)ccc1NCC. The number of hydrogen-bond donors (Lipinski definition) is 2. The minimum Gasteiger partial charge on any atom is -0.399 e. The summed E-state index contributed by atoms with van der Waals surface area (Å²) in [6.45, 7) is 4.65. The molecule has 0 saturated heterocycles. The number of anilines is 2. The summed E-state index contributed by atoms with van der Waals surface area (Å²) in [5, 5.41) is 3.33. The molecule has 1 rings (SSSR count). The molecule has 0 saturated carbocycles. The summed E-state index contributed by atoms with van der Waals surface area (Å²) in [6, 6.07) is 5.93. The van der Waals surface area contributed by atoms with Crippen molar-refractivity contribution < 1.29 is 4.39 Å². The molecule has 0 radical (unpaired) electrons. The molecular weight excluding hydrogens is 239 g/mol. The van der Waals surface area contributed by atoms with Crippen molar-refractivity contribution in [2.75, 3.05) is 17.6 Å². The first-order valence-corrected chi connectivity index (χ1v) is 6.78. The van der Waals surface area contributed by atoms with E-state index in [2.05, 4.69) is 12.2 Å². The first kappa shape index (κ1) is 15.3. The number of aryl methyl sites for hydroxylation is 1. The molecule has 3 heteroatoms. The standard InChI is InChI=1S/C16H23FN2/c1-3-14(17)9-7-5-6-8-13-12-15(18)10-11-16(13)19-4-2/h3,7,9-12,19H,4-6,8,18H2,1-2H3/b9-7-,14-3+. The van der Waals surface area contributed by atoms with Gasteiger partial charge in [0.15, 0.2) is 0 Å². The zero-order chi connectivity index (χ0) is 14.1. The Morgan fingerprint density at radius 2 is 2.21 bits per heavy atom. The van der Waals surface area contributed by atoms with E-state index in [0.29, 0.717) is 0 Å². The van der Waals surface area contributed by atoms with Gasteiger partial charge in [-0.3, -0.25) is 0 Å². The van der Waals surface area contributed by atoms with E-state index in [1.54, 1.807) is 6.92 Å². The van der Waals surface area contributed by atoms with Crippen LogP contribution in [0.2, 0.25) is 0 Å². The number of nitrogens with two attached hydrogens (primary N) is 1. The van der Waals surface area contributed by atoms with Crippen LogP contribution in [0.5, 0.6) is 0 Å². The van der Waals surface area contributed by atoms with E-state index < -0.39 is 0 Å². The lowest BCUT2D eigenvalue weighted by Crippen LogP contribution is -2.02. The smallest absolute Gasteiger partial charge is 0.118 e. The average molecular weight is 262 g/mol. The van der Waals surface area contributed by atoms with Crippen molar-refractivity contribution >= 4 is 11.4 Å². The summed E-state index contributed by atoms with van der Waals surface area (Å²) in [4.78, 5) is 0. The Kier molecular flexibility index (Phi) is 6.72. The topological polar surface area (TPSA) is 38.0 Å². The van der Waals surface area contributed by atoms with Crippen LogP contribution < -0.4 is 11.1 Å². The van der Waals surface area contributed by atoms with Crippen molar-refractivity contribution in [2.45, 2.75) is 33.1 Å². The van der Waals surface area contributed by atoms with Gasteiger partial charge in [-0.1, -0.05) is 12.2 Å². The van der Waals surface area contributed by atoms with Crippen molar-refractivity contribution in [3.63, 3.8) is 0 Å². The number of benzene rings is 1. The number of nitrogen functional groups attached to an aromatic ring is 1. The monoisotopic (exact) mass is 262 g/mol. The Hall–Kier alpha value is -1.77. The average Bonchev–Trinajstić information content (AvgIpc) is 2.41. The lowest BCUT2D eigenvalue weighted by Gasteiger charge is -2.11. The maximum atomic E-state index is 12.8. The lowest BCUT2D eigenvalue weighted by atomic mass is 10.0. The summed E-state index contributed by atoms with van der Waals surface area (Å²) in [5.74, 6) is -0.183. The molecule has 0 heterocycles. The Morgan fingerprint density at radius 3 is 2.89 bits per heavy atom. The Morgan fingerprint density at radius 1 is 1.42 bits per heavy atom. The molecule has 0 amide bonds. The van der Waals surface area contributed by atoms with E-state index in [0.717, 1.165) is 37.2 Å². The molecule has 0 atom stereocenters. The Balaban J connectivity index is 2.52. The third kappa shape index (κ3) is 5.60. The molecule has 0 aliphatic carbocycles. The van der Waals surface area contributed by atoms with Gasteiger partial charge in [0.05, 0.1) is 0 Å². The number of halogens is 1. The van der Waals surface area contributed by atoms with Crippen LogP contribution >= 0.6 is 0 Å². The zero-order valence-corrected chi connectivity index (χ0v) is 11.7. The summed E-state index contributed by atoms with van der Waals surface area (Å²) in [7, 11) is 0. The van der Waals surface area contributed by atoms with Crippen molar-refractivity contribution in [3.05, 3.63) is 47.8 Å². The quantitative estimate of drug-likeness (QED) is 0.433. The van der Waals surface area contributed by atoms with Gasteiger partial charge in [0.2, 0.25) is 0 Å². The van der Waals surface area contributed by atoms with Crippen LogP contribution in [-0.2, 0) is 6.42 Å². The van der Waals surface area contributed by atoms with Crippen LogP contribution in [0.25, 0.3) is 0 Å². The molecule has 0 bridgehead atoms. The van der Waals surface area contributed by atoms with Gasteiger partial charge in [0.25, 0.3) is 0 Å². The van der Waals surface area contributed by atoms with Gasteiger partial charge in [-0.25, -0.2) is 4.39 Å².